The molecule has 0 spiro atoms. The van der Waals surface area contributed by atoms with E-state index in [1.807, 2.05) is 0 Å². The maximum atomic E-state index is 12.1. The average molecular weight is 281 g/mol. The predicted molar refractivity (Wildman–Crippen MR) is 78.4 cm³/mol. The first-order valence-electron chi connectivity index (χ1n) is 7.71. The minimum absolute atomic E-state index is 0.107. The van der Waals surface area contributed by atoms with Gasteiger partial charge < -0.3 is 10.2 Å². The summed E-state index contributed by atoms with van der Waals surface area (Å²) in [5, 5.41) is 2.72. The quantitative estimate of drug-likeness (QED) is 0.782. The van der Waals surface area contributed by atoms with Crippen LogP contribution < -0.4 is 5.32 Å². The van der Waals surface area contributed by atoms with Gasteiger partial charge in [-0.3, -0.25) is 9.69 Å². The summed E-state index contributed by atoms with van der Waals surface area (Å²) in [6.07, 6.45) is 3.39. The third-order valence-electron chi connectivity index (χ3n) is 4.46. The van der Waals surface area contributed by atoms with Crippen LogP contribution in [0.15, 0.2) is 0 Å². The number of rotatable bonds is 5. The molecule has 0 unspecified atom stereocenters. The van der Waals surface area contributed by atoms with Crippen molar-refractivity contribution in [1.82, 2.24) is 15.1 Å². The molecule has 20 heavy (non-hydrogen) atoms. The van der Waals surface area contributed by atoms with Gasteiger partial charge >= 0.3 is 6.03 Å². The first kappa shape index (κ1) is 15.3. The van der Waals surface area contributed by atoms with Crippen molar-refractivity contribution in [3.8, 4) is 0 Å². The molecule has 0 bridgehead atoms. The van der Waals surface area contributed by atoms with Gasteiger partial charge in [0.1, 0.15) is 5.54 Å². The second-order valence-corrected chi connectivity index (χ2v) is 6.86. The molecular formula is C15H27N3O2. The molecule has 0 radical (unpaired) electrons. The summed E-state index contributed by atoms with van der Waals surface area (Å²) < 4.78 is 0. The SMILES string of the molecule is CC(C)[C@H]1CCCN1CCCN1C(=O)NC(C)(C)C1=O. The second-order valence-electron chi connectivity index (χ2n) is 6.86. The van der Waals surface area contributed by atoms with E-state index in [1.165, 1.54) is 17.7 Å². The lowest BCUT2D eigenvalue weighted by Crippen LogP contribution is -2.41. The van der Waals surface area contributed by atoms with Gasteiger partial charge in [0, 0.05) is 19.1 Å². The molecule has 2 aliphatic heterocycles. The van der Waals surface area contributed by atoms with Crippen LogP contribution in [-0.2, 0) is 4.79 Å². The summed E-state index contributed by atoms with van der Waals surface area (Å²) in [5.41, 5.74) is -0.745. The van der Waals surface area contributed by atoms with Gasteiger partial charge in [-0.05, 0) is 45.6 Å². The zero-order valence-electron chi connectivity index (χ0n) is 13.1. The molecule has 5 heteroatoms. The Balaban J connectivity index is 1.82. The minimum Gasteiger partial charge on any atom is -0.324 e. The van der Waals surface area contributed by atoms with Crippen molar-refractivity contribution >= 4 is 11.9 Å². The summed E-state index contributed by atoms with van der Waals surface area (Å²) in [7, 11) is 0. The summed E-state index contributed by atoms with van der Waals surface area (Å²) in [5.74, 6) is 0.567. The summed E-state index contributed by atoms with van der Waals surface area (Å²) >= 11 is 0. The predicted octanol–water partition coefficient (Wildman–Crippen LogP) is 1.83. The van der Waals surface area contributed by atoms with Crippen LogP contribution in [0.25, 0.3) is 0 Å². The molecule has 2 rings (SSSR count). The molecule has 0 aromatic rings. The van der Waals surface area contributed by atoms with Gasteiger partial charge in [-0.15, -0.1) is 0 Å². The number of imide groups is 1. The Morgan fingerprint density at radius 1 is 1.30 bits per heavy atom. The fourth-order valence-corrected chi connectivity index (χ4v) is 3.34. The Morgan fingerprint density at radius 2 is 2.00 bits per heavy atom. The maximum Gasteiger partial charge on any atom is 0.325 e. The third kappa shape index (κ3) is 2.97. The molecule has 3 amide bonds. The standard InChI is InChI=1S/C15H27N3O2/c1-11(2)12-7-5-8-17(12)9-6-10-18-13(19)15(3,4)16-14(18)20/h11-12H,5-10H2,1-4H3,(H,16,20)/t12-/m1/s1. The van der Waals surface area contributed by atoms with Crippen LogP contribution in [-0.4, -0.2) is 53.0 Å². The third-order valence-corrected chi connectivity index (χ3v) is 4.46. The van der Waals surface area contributed by atoms with Crippen LogP contribution in [0.5, 0.6) is 0 Å². The summed E-state index contributed by atoms with van der Waals surface area (Å²) in [4.78, 5) is 27.7. The molecule has 2 saturated heterocycles. The van der Waals surface area contributed by atoms with Gasteiger partial charge in [0.2, 0.25) is 0 Å². The highest BCUT2D eigenvalue weighted by Crippen LogP contribution is 2.24. The molecule has 0 aromatic carbocycles. The van der Waals surface area contributed by atoms with Crippen LogP contribution in [0.4, 0.5) is 4.79 Å². The Kier molecular flexibility index (Phi) is 4.37. The first-order valence-corrected chi connectivity index (χ1v) is 7.71. The van der Waals surface area contributed by atoms with Crippen LogP contribution >= 0.6 is 0 Å². The number of nitrogens with one attached hydrogen (secondary N) is 1. The van der Waals surface area contributed by atoms with Crippen molar-refractivity contribution in [3.05, 3.63) is 0 Å². The van der Waals surface area contributed by atoms with Gasteiger partial charge in [0.25, 0.3) is 5.91 Å². The molecular weight excluding hydrogens is 254 g/mol. The lowest BCUT2D eigenvalue weighted by molar-refractivity contribution is -0.130. The van der Waals surface area contributed by atoms with Gasteiger partial charge in [-0.25, -0.2) is 4.79 Å². The van der Waals surface area contributed by atoms with Crippen molar-refractivity contribution in [2.75, 3.05) is 19.6 Å². The normalized spacial score (nSPS) is 26.6. The molecule has 0 aromatic heterocycles. The largest absolute Gasteiger partial charge is 0.325 e. The lowest BCUT2D eigenvalue weighted by atomic mass is 10.0. The Bertz CT molecular complexity index is 393. The van der Waals surface area contributed by atoms with E-state index >= 15 is 0 Å². The van der Waals surface area contributed by atoms with Crippen molar-refractivity contribution in [2.24, 2.45) is 5.92 Å². The minimum atomic E-state index is -0.745. The summed E-state index contributed by atoms with van der Waals surface area (Å²) in [6.45, 7) is 10.7. The Labute approximate surface area is 121 Å². The number of nitrogens with zero attached hydrogens (tertiary/aromatic N) is 2. The molecule has 2 aliphatic rings. The van der Waals surface area contributed by atoms with E-state index in [9.17, 15) is 9.59 Å². The van der Waals surface area contributed by atoms with Gasteiger partial charge in [-0.1, -0.05) is 13.8 Å². The molecule has 0 aliphatic carbocycles. The monoisotopic (exact) mass is 281 g/mol. The van der Waals surface area contributed by atoms with Crippen LogP contribution in [0, 0.1) is 5.92 Å². The smallest absolute Gasteiger partial charge is 0.324 e. The number of hydrogen-bond donors (Lipinski definition) is 1. The van der Waals surface area contributed by atoms with E-state index in [4.69, 9.17) is 0 Å². The first-order chi connectivity index (χ1) is 9.33. The Morgan fingerprint density at radius 3 is 2.55 bits per heavy atom. The number of carbonyl (C=O) groups is 2. The highest BCUT2D eigenvalue weighted by molar-refractivity contribution is 6.06. The van der Waals surface area contributed by atoms with E-state index in [-0.39, 0.29) is 11.9 Å². The van der Waals surface area contributed by atoms with E-state index < -0.39 is 5.54 Å². The fourth-order valence-electron chi connectivity index (χ4n) is 3.34. The van der Waals surface area contributed by atoms with E-state index in [0.29, 0.717) is 18.5 Å². The Hall–Kier alpha value is -1.10. The zero-order valence-corrected chi connectivity index (χ0v) is 13.1. The number of likely N-dealkylation sites (tertiary alicyclic amines) is 1. The van der Waals surface area contributed by atoms with E-state index in [2.05, 4.69) is 24.1 Å². The van der Waals surface area contributed by atoms with Crippen LogP contribution in [0.3, 0.4) is 0 Å². The number of hydrogen-bond acceptors (Lipinski definition) is 3. The van der Waals surface area contributed by atoms with Crippen LogP contribution in [0.2, 0.25) is 0 Å². The van der Waals surface area contributed by atoms with E-state index in [1.54, 1.807) is 13.8 Å². The molecule has 0 saturated carbocycles. The van der Waals surface area contributed by atoms with Gasteiger partial charge in [0.15, 0.2) is 0 Å². The molecule has 5 nitrogen and oxygen atoms in total. The van der Waals surface area contributed by atoms with Crippen molar-refractivity contribution in [3.63, 3.8) is 0 Å². The van der Waals surface area contributed by atoms with Crippen LogP contribution in [0.1, 0.15) is 47.0 Å². The lowest BCUT2D eigenvalue weighted by Gasteiger charge is -2.28. The van der Waals surface area contributed by atoms with Crippen molar-refractivity contribution < 1.29 is 9.59 Å². The highest BCUT2D eigenvalue weighted by Gasteiger charge is 2.43. The molecule has 114 valence electrons. The number of urea groups is 1. The molecule has 1 N–H and O–H groups in total. The number of carbonyl (C=O) groups excluding carboxylic acids is 2. The summed E-state index contributed by atoms with van der Waals surface area (Å²) in [6, 6.07) is 0.413. The van der Waals surface area contributed by atoms with Crippen molar-refractivity contribution in [2.45, 2.75) is 58.5 Å². The zero-order chi connectivity index (χ0) is 14.9. The van der Waals surface area contributed by atoms with Crippen molar-refractivity contribution in [1.29, 1.82) is 0 Å². The maximum absolute atomic E-state index is 12.1. The van der Waals surface area contributed by atoms with Gasteiger partial charge in [-0.2, -0.15) is 0 Å². The van der Waals surface area contributed by atoms with Gasteiger partial charge in [0.05, 0.1) is 0 Å². The fraction of sp³-hybridized carbons (Fsp3) is 0.867. The van der Waals surface area contributed by atoms with E-state index in [0.717, 1.165) is 19.5 Å². The average Bonchev–Trinajstić information content (AvgIpc) is 2.87. The molecule has 2 heterocycles. The number of amides is 3. The second kappa shape index (κ2) is 5.72. The highest BCUT2D eigenvalue weighted by atomic mass is 16.2. The topological polar surface area (TPSA) is 52.6 Å². The molecule has 2 fully saturated rings. The molecule has 1 atom stereocenters.